The minimum Gasteiger partial charge on any atom is -0.497 e. The fraction of sp³-hybridized carbons (Fsp3) is 0.550. The third-order valence-corrected chi connectivity index (χ3v) is 5.55. The lowest BCUT2D eigenvalue weighted by atomic mass is 9.77. The maximum absolute atomic E-state index is 12.8. The molecule has 0 atom stereocenters. The summed E-state index contributed by atoms with van der Waals surface area (Å²) >= 11 is 0. The van der Waals surface area contributed by atoms with Gasteiger partial charge in [0.05, 0.1) is 13.7 Å². The average molecular weight is 388 g/mol. The lowest BCUT2D eigenvalue weighted by Crippen LogP contribution is -2.52. The summed E-state index contributed by atoms with van der Waals surface area (Å²) in [6, 6.07) is 7.03. The van der Waals surface area contributed by atoms with Gasteiger partial charge < -0.3 is 10.1 Å². The van der Waals surface area contributed by atoms with Crippen molar-refractivity contribution in [3.05, 3.63) is 29.8 Å². The highest BCUT2D eigenvalue weighted by Gasteiger charge is 2.52. The number of nitrogens with one attached hydrogen (secondary N) is 2. The second kappa shape index (κ2) is 8.18. The smallest absolute Gasteiger partial charge is 0.344 e. The van der Waals surface area contributed by atoms with E-state index in [1.807, 2.05) is 29.2 Å². The fourth-order valence-electron chi connectivity index (χ4n) is 3.82. The predicted molar refractivity (Wildman–Crippen MR) is 103 cm³/mol. The number of hydrazine groups is 1. The molecule has 1 spiro atoms. The summed E-state index contributed by atoms with van der Waals surface area (Å²) in [7, 11) is 3.42. The number of rotatable bonds is 6. The molecule has 0 radical (unpaired) electrons. The summed E-state index contributed by atoms with van der Waals surface area (Å²) in [4.78, 5) is 39.2. The van der Waals surface area contributed by atoms with Gasteiger partial charge in [0, 0.05) is 6.54 Å². The van der Waals surface area contributed by atoms with Crippen LogP contribution in [0.2, 0.25) is 0 Å². The highest BCUT2D eigenvalue weighted by molar-refractivity contribution is 6.08. The second-order valence-corrected chi connectivity index (χ2v) is 7.89. The van der Waals surface area contributed by atoms with Crippen LogP contribution in [-0.4, -0.2) is 54.0 Å². The number of benzene rings is 1. The molecule has 152 valence electrons. The summed E-state index contributed by atoms with van der Waals surface area (Å²) in [6.07, 6.45) is 3.00. The first-order valence-electron chi connectivity index (χ1n) is 9.60. The van der Waals surface area contributed by atoms with Gasteiger partial charge in [0.2, 0.25) is 0 Å². The third kappa shape index (κ3) is 4.27. The van der Waals surface area contributed by atoms with Crippen LogP contribution >= 0.6 is 0 Å². The summed E-state index contributed by atoms with van der Waals surface area (Å²) in [6.45, 7) is 2.76. The van der Waals surface area contributed by atoms with Crippen molar-refractivity contribution in [2.45, 2.75) is 44.7 Å². The zero-order chi connectivity index (χ0) is 20.3. The van der Waals surface area contributed by atoms with Crippen molar-refractivity contribution in [3.63, 3.8) is 0 Å². The van der Waals surface area contributed by atoms with Crippen LogP contribution in [0.5, 0.6) is 5.75 Å². The number of likely N-dealkylation sites (N-methyl/N-ethyl adjacent to an activating group) is 1. The molecule has 1 aliphatic carbocycles. The molecule has 1 saturated carbocycles. The molecule has 1 aliphatic heterocycles. The Morgan fingerprint density at radius 3 is 2.54 bits per heavy atom. The van der Waals surface area contributed by atoms with Crippen LogP contribution in [0.1, 0.15) is 38.2 Å². The van der Waals surface area contributed by atoms with E-state index in [1.165, 1.54) is 0 Å². The van der Waals surface area contributed by atoms with Gasteiger partial charge in [-0.15, -0.1) is 0 Å². The number of hydrogen-bond acceptors (Lipinski definition) is 5. The van der Waals surface area contributed by atoms with E-state index in [4.69, 9.17) is 4.74 Å². The highest BCUT2D eigenvalue weighted by atomic mass is 16.5. The van der Waals surface area contributed by atoms with Gasteiger partial charge in [-0.2, -0.15) is 5.01 Å². The summed E-state index contributed by atoms with van der Waals surface area (Å²) < 4.78 is 5.13. The van der Waals surface area contributed by atoms with Crippen LogP contribution in [0.15, 0.2) is 24.3 Å². The number of urea groups is 1. The molecule has 2 aliphatic rings. The molecule has 3 rings (SSSR count). The molecule has 28 heavy (non-hydrogen) atoms. The van der Waals surface area contributed by atoms with Crippen molar-refractivity contribution < 1.29 is 19.1 Å². The molecule has 8 heteroatoms. The Labute approximate surface area is 165 Å². The van der Waals surface area contributed by atoms with E-state index in [2.05, 4.69) is 17.7 Å². The minimum atomic E-state index is -0.855. The molecule has 0 aromatic heterocycles. The van der Waals surface area contributed by atoms with Crippen LogP contribution in [0, 0.1) is 5.92 Å². The molecule has 1 aromatic carbocycles. The van der Waals surface area contributed by atoms with Crippen LogP contribution in [0.3, 0.4) is 0 Å². The number of imide groups is 1. The number of carbonyl (C=O) groups excluding carboxylic acids is 3. The Hall–Kier alpha value is -2.61. The molecule has 8 nitrogen and oxygen atoms in total. The van der Waals surface area contributed by atoms with Gasteiger partial charge in [-0.05, 0) is 56.3 Å². The number of nitrogens with zero attached hydrogens (tertiary/aromatic N) is 2. The normalized spacial score (nSPS) is 24.6. The van der Waals surface area contributed by atoms with Crippen molar-refractivity contribution in [2.24, 2.45) is 5.92 Å². The number of ether oxygens (including phenoxy) is 1. The predicted octanol–water partition coefficient (Wildman–Crippen LogP) is 1.66. The second-order valence-electron chi connectivity index (χ2n) is 7.89. The van der Waals surface area contributed by atoms with Crippen LogP contribution in [0.4, 0.5) is 4.79 Å². The standard InChI is InChI=1S/C20H28N4O4/c1-14-8-10-20(11-9-14)18(26)24(19(27)21-20)22-17(25)13-23(2)12-15-4-6-16(28-3)7-5-15/h4-7,14H,8-13H2,1-3H3,(H,21,27)(H,22,25). The first kappa shape index (κ1) is 20.1. The largest absolute Gasteiger partial charge is 0.497 e. The third-order valence-electron chi connectivity index (χ3n) is 5.55. The van der Waals surface area contributed by atoms with Crippen LogP contribution < -0.4 is 15.5 Å². The molecule has 1 saturated heterocycles. The average Bonchev–Trinajstić information content (AvgIpc) is 2.89. The van der Waals surface area contributed by atoms with Crippen LogP contribution in [-0.2, 0) is 16.1 Å². The van der Waals surface area contributed by atoms with Gasteiger partial charge in [-0.25, -0.2) is 4.79 Å². The van der Waals surface area contributed by atoms with E-state index in [9.17, 15) is 14.4 Å². The summed E-state index contributed by atoms with van der Waals surface area (Å²) in [5.41, 5.74) is 2.64. The lowest BCUT2D eigenvalue weighted by Gasteiger charge is -2.33. The molecule has 0 unspecified atom stereocenters. The van der Waals surface area contributed by atoms with Gasteiger partial charge in [-0.1, -0.05) is 19.1 Å². The molecular formula is C20H28N4O4. The summed E-state index contributed by atoms with van der Waals surface area (Å²) in [5.74, 6) is 0.565. The van der Waals surface area contributed by atoms with E-state index in [0.29, 0.717) is 25.3 Å². The number of carbonyl (C=O) groups is 3. The van der Waals surface area contributed by atoms with Crippen molar-refractivity contribution >= 4 is 17.8 Å². The molecular weight excluding hydrogens is 360 g/mol. The van der Waals surface area contributed by atoms with E-state index < -0.39 is 17.5 Å². The highest BCUT2D eigenvalue weighted by Crippen LogP contribution is 2.35. The first-order chi connectivity index (χ1) is 13.3. The van der Waals surface area contributed by atoms with Crippen molar-refractivity contribution in [1.82, 2.24) is 20.7 Å². The summed E-state index contributed by atoms with van der Waals surface area (Å²) in [5, 5.41) is 3.64. The van der Waals surface area contributed by atoms with Gasteiger partial charge in [-0.3, -0.25) is 19.9 Å². The Balaban J connectivity index is 1.53. The Morgan fingerprint density at radius 2 is 1.93 bits per heavy atom. The van der Waals surface area contributed by atoms with E-state index in [1.54, 1.807) is 14.2 Å². The maximum atomic E-state index is 12.8. The quantitative estimate of drug-likeness (QED) is 0.724. The minimum absolute atomic E-state index is 0.0626. The van der Waals surface area contributed by atoms with E-state index in [0.717, 1.165) is 29.2 Å². The maximum Gasteiger partial charge on any atom is 0.344 e. The number of amides is 4. The monoisotopic (exact) mass is 388 g/mol. The number of methoxy groups -OCH3 is 1. The first-order valence-corrected chi connectivity index (χ1v) is 9.60. The van der Waals surface area contributed by atoms with E-state index in [-0.39, 0.29) is 12.5 Å². The molecule has 1 aromatic rings. The molecule has 0 bridgehead atoms. The Morgan fingerprint density at radius 1 is 1.29 bits per heavy atom. The van der Waals surface area contributed by atoms with Gasteiger partial charge in [0.15, 0.2) is 0 Å². The zero-order valence-corrected chi connectivity index (χ0v) is 16.7. The molecule has 2 N–H and O–H groups in total. The molecule has 1 heterocycles. The molecule has 4 amide bonds. The lowest BCUT2D eigenvalue weighted by molar-refractivity contribution is -0.140. The van der Waals surface area contributed by atoms with Gasteiger partial charge in [0.25, 0.3) is 11.8 Å². The van der Waals surface area contributed by atoms with Crippen molar-refractivity contribution in [1.29, 1.82) is 0 Å². The zero-order valence-electron chi connectivity index (χ0n) is 16.7. The Bertz CT molecular complexity index is 741. The van der Waals surface area contributed by atoms with Crippen molar-refractivity contribution in [2.75, 3.05) is 20.7 Å². The SMILES string of the molecule is COc1ccc(CN(C)CC(=O)NN2C(=O)NC3(CCC(C)CC3)C2=O)cc1. The molecule has 2 fully saturated rings. The van der Waals surface area contributed by atoms with Crippen LogP contribution in [0.25, 0.3) is 0 Å². The van der Waals surface area contributed by atoms with E-state index >= 15 is 0 Å². The fourth-order valence-corrected chi connectivity index (χ4v) is 3.82. The Kier molecular flexibility index (Phi) is 5.88. The van der Waals surface area contributed by atoms with Crippen molar-refractivity contribution in [3.8, 4) is 5.75 Å². The number of hydrogen-bond donors (Lipinski definition) is 2. The van der Waals surface area contributed by atoms with Gasteiger partial charge in [0.1, 0.15) is 11.3 Å². The topological polar surface area (TPSA) is 91.0 Å². The van der Waals surface area contributed by atoms with Gasteiger partial charge >= 0.3 is 6.03 Å².